The summed E-state index contributed by atoms with van der Waals surface area (Å²) >= 11 is 0. The molecule has 0 saturated carbocycles. The van der Waals surface area contributed by atoms with Crippen LogP contribution >= 0.6 is 0 Å². The average molecular weight is 459 g/mol. The minimum absolute atomic E-state index is 0. The summed E-state index contributed by atoms with van der Waals surface area (Å²) < 4.78 is 31.6. The third-order valence-corrected chi connectivity index (χ3v) is 5.27. The summed E-state index contributed by atoms with van der Waals surface area (Å²) in [5.74, 6) is 0. The number of hydrogen-bond acceptors (Lipinski definition) is 2. The summed E-state index contributed by atoms with van der Waals surface area (Å²) in [5.41, 5.74) is 0. The molecule has 0 unspecified atom stereocenters. The molecule has 0 saturated heterocycles. The summed E-state index contributed by atoms with van der Waals surface area (Å²) in [6.07, 6.45) is 32.9. The Morgan fingerprint density at radius 1 is 0.500 bits per heavy atom. The first-order chi connectivity index (χ1) is 13.9. The van der Waals surface area contributed by atoms with Crippen LogP contribution in [-0.4, -0.2) is 17.5 Å². The van der Waals surface area contributed by atoms with Crippen LogP contribution in [-0.2, 0) is 10.4 Å². The van der Waals surface area contributed by atoms with Crippen molar-refractivity contribution in [2.45, 2.75) is 149 Å². The van der Waals surface area contributed by atoms with Gasteiger partial charge in [0.1, 0.15) is 0 Å². The van der Waals surface area contributed by atoms with Crippen molar-refractivity contribution < 1.29 is 47.1 Å². The van der Waals surface area contributed by atoms with E-state index in [9.17, 15) is 0 Å². The largest absolute Gasteiger partial charge is 1.00 e. The van der Waals surface area contributed by atoms with Gasteiger partial charge in [0.05, 0.1) is 0 Å². The Morgan fingerprint density at radius 3 is 0.933 bits per heavy atom. The maximum atomic E-state index is 8.74. The van der Waals surface area contributed by atoms with E-state index < -0.39 is 10.4 Å². The quantitative estimate of drug-likeness (QED) is 0.0990. The van der Waals surface area contributed by atoms with E-state index in [1.807, 2.05) is 0 Å². The van der Waals surface area contributed by atoms with Crippen molar-refractivity contribution in [2.75, 3.05) is 0 Å². The van der Waals surface area contributed by atoms with Crippen molar-refractivity contribution in [3.63, 3.8) is 0 Å². The molecule has 30 heavy (non-hydrogen) atoms. The van der Waals surface area contributed by atoms with E-state index in [0.29, 0.717) is 0 Å². The van der Waals surface area contributed by atoms with Crippen molar-refractivity contribution in [1.29, 1.82) is 0 Å². The van der Waals surface area contributed by atoms with Gasteiger partial charge >= 0.3 is 40.0 Å². The van der Waals surface area contributed by atoms with E-state index in [-0.39, 0.29) is 29.6 Å². The molecule has 0 bridgehead atoms. The molecule has 0 atom stereocenters. The van der Waals surface area contributed by atoms with Crippen LogP contribution in [0.15, 0.2) is 0 Å². The minimum Gasteiger partial charge on any atom is -0.328 e. The smallest absolute Gasteiger partial charge is 0.328 e. The number of hydrogen-bond donors (Lipinski definition) is 2. The molecule has 2 N–H and O–H groups in total. The van der Waals surface area contributed by atoms with Crippen LogP contribution in [0.3, 0.4) is 0 Å². The first-order valence-corrected chi connectivity index (χ1v) is 13.8. The Bertz CT molecular complexity index is 359. The van der Waals surface area contributed by atoms with Crippen LogP contribution in [0.5, 0.6) is 0 Å². The van der Waals surface area contributed by atoms with E-state index in [1.165, 1.54) is 135 Å². The molecule has 0 aliphatic carbocycles. The number of rotatable bonds is 21. The second kappa shape index (κ2) is 29.9. The minimum atomic E-state index is -4.67. The second-order valence-corrected chi connectivity index (χ2v) is 9.22. The normalized spacial score (nSPS) is 10.9. The first kappa shape index (κ1) is 35.5. The summed E-state index contributed by atoms with van der Waals surface area (Å²) in [6.45, 7) is 4.60. The fourth-order valence-corrected chi connectivity index (χ4v) is 3.52. The third kappa shape index (κ3) is 46.9. The van der Waals surface area contributed by atoms with Crippen molar-refractivity contribution >= 4 is 10.4 Å². The summed E-state index contributed by atoms with van der Waals surface area (Å²) in [5, 5.41) is 0. The van der Waals surface area contributed by atoms with Crippen LogP contribution in [0, 0.1) is 6.42 Å². The molecule has 0 spiro atoms. The van der Waals surface area contributed by atoms with Gasteiger partial charge in [-0.05, 0) is 0 Å². The zero-order valence-electron chi connectivity index (χ0n) is 20.5. The molecular formula is C24H51NaO4S. The van der Waals surface area contributed by atoms with E-state index in [1.54, 1.807) is 0 Å². The molecule has 0 aromatic rings. The Morgan fingerprint density at radius 2 is 0.700 bits per heavy atom. The topological polar surface area (TPSA) is 74.6 Å². The zero-order chi connectivity index (χ0) is 22.1. The van der Waals surface area contributed by atoms with E-state index in [2.05, 4.69) is 20.3 Å². The van der Waals surface area contributed by atoms with Crippen molar-refractivity contribution in [3.05, 3.63) is 6.42 Å². The van der Waals surface area contributed by atoms with E-state index >= 15 is 0 Å². The summed E-state index contributed by atoms with van der Waals surface area (Å²) in [6, 6.07) is 0. The predicted molar refractivity (Wildman–Crippen MR) is 127 cm³/mol. The molecule has 6 heteroatoms. The van der Waals surface area contributed by atoms with Crippen LogP contribution < -0.4 is 29.6 Å². The van der Waals surface area contributed by atoms with Crippen LogP contribution in [0.25, 0.3) is 0 Å². The standard InChI is InChI=1S/C24H49.Na.H2O4S/c1-3-5-7-9-11-13-15-17-19-21-23-24-22-20-18-16-14-12-10-8-6-4-2;;1-5(2,3)4/h23H,3-22,24H2,1-2H3;;(H2,1,2,3,4)/q-1;+1;. The fourth-order valence-electron chi connectivity index (χ4n) is 3.52. The molecular weight excluding hydrogens is 407 g/mol. The molecule has 0 aromatic carbocycles. The Labute approximate surface area is 211 Å². The maximum absolute atomic E-state index is 8.74. The first-order valence-electron chi connectivity index (χ1n) is 12.4. The average Bonchev–Trinajstić information content (AvgIpc) is 2.65. The SMILES string of the molecule is CCCCCCCCCCC[CH-]CCCCCCCCCCCC.O=S(=O)(O)O.[Na+]. The van der Waals surface area contributed by atoms with Crippen molar-refractivity contribution in [2.24, 2.45) is 0 Å². The van der Waals surface area contributed by atoms with Crippen LogP contribution in [0.2, 0.25) is 0 Å². The van der Waals surface area contributed by atoms with Gasteiger partial charge < -0.3 is 6.42 Å². The molecule has 0 aromatic heterocycles. The summed E-state index contributed by atoms with van der Waals surface area (Å²) in [4.78, 5) is 0. The molecule has 0 rings (SSSR count). The molecule has 0 radical (unpaired) electrons. The molecule has 0 aliphatic heterocycles. The molecule has 0 amide bonds. The van der Waals surface area contributed by atoms with Crippen LogP contribution in [0.1, 0.15) is 149 Å². The van der Waals surface area contributed by atoms with Gasteiger partial charge in [0.15, 0.2) is 0 Å². The fraction of sp³-hybridized carbons (Fsp3) is 0.958. The Hall–Kier alpha value is 0.870. The maximum Gasteiger partial charge on any atom is 1.00 e. The van der Waals surface area contributed by atoms with Crippen molar-refractivity contribution in [3.8, 4) is 0 Å². The summed E-state index contributed by atoms with van der Waals surface area (Å²) in [7, 11) is -4.67. The van der Waals surface area contributed by atoms with E-state index in [0.717, 1.165) is 0 Å². The van der Waals surface area contributed by atoms with E-state index in [4.69, 9.17) is 17.5 Å². The van der Waals surface area contributed by atoms with Gasteiger partial charge in [0, 0.05) is 0 Å². The molecule has 178 valence electrons. The third-order valence-electron chi connectivity index (χ3n) is 5.27. The van der Waals surface area contributed by atoms with Gasteiger partial charge in [-0.25, -0.2) is 0 Å². The molecule has 0 fully saturated rings. The van der Waals surface area contributed by atoms with Crippen LogP contribution in [0.4, 0.5) is 0 Å². The molecule has 0 aliphatic rings. The number of unbranched alkanes of at least 4 members (excludes halogenated alkanes) is 21. The van der Waals surface area contributed by atoms with Gasteiger partial charge in [0.25, 0.3) is 0 Å². The van der Waals surface area contributed by atoms with Gasteiger partial charge in [-0.2, -0.15) is 21.3 Å². The molecule has 0 heterocycles. The van der Waals surface area contributed by atoms with Gasteiger partial charge in [-0.1, -0.05) is 136 Å². The van der Waals surface area contributed by atoms with Gasteiger partial charge in [0.2, 0.25) is 0 Å². The van der Waals surface area contributed by atoms with Crippen molar-refractivity contribution in [1.82, 2.24) is 0 Å². The monoisotopic (exact) mass is 458 g/mol. The predicted octanol–water partition coefficient (Wildman–Crippen LogP) is 5.77. The second-order valence-electron chi connectivity index (χ2n) is 8.32. The van der Waals surface area contributed by atoms with Gasteiger partial charge in [-0.15, -0.1) is 0 Å². The molecule has 4 nitrogen and oxygen atoms in total. The zero-order valence-corrected chi connectivity index (χ0v) is 23.4. The Kier molecular flexibility index (Phi) is 35.3. The Balaban J connectivity index is -0.00000108. The van der Waals surface area contributed by atoms with Gasteiger partial charge in [-0.3, -0.25) is 9.11 Å².